The first-order valence-electron chi connectivity index (χ1n) is 6.76. The maximum Gasteiger partial charge on any atom is 0.240 e. The highest BCUT2D eigenvalue weighted by molar-refractivity contribution is 7.98. The van der Waals surface area contributed by atoms with Crippen molar-refractivity contribution in [3.63, 3.8) is 0 Å². The molecule has 7 nitrogen and oxygen atoms in total. The largest absolute Gasteiger partial charge is 0.368 e. The van der Waals surface area contributed by atoms with E-state index in [1.165, 1.54) is 0 Å². The molecule has 2 unspecified atom stereocenters. The zero-order valence-corrected chi connectivity index (χ0v) is 14.5. The van der Waals surface area contributed by atoms with Gasteiger partial charge in [-0.3, -0.25) is 14.2 Å². The van der Waals surface area contributed by atoms with E-state index in [0.29, 0.717) is 12.2 Å². The average Bonchev–Trinajstić information content (AvgIpc) is 2.39. The Morgan fingerprint density at radius 1 is 1.38 bits per heavy atom. The zero-order valence-electron chi connectivity index (χ0n) is 12.7. The van der Waals surface area contributed by atoms with Crippen LogP contribution in [0.2, 0.25) is 0 Å². The van der Waals surface area contributed by atoms with Gasteiger partial charge in [-0.25, -0.2) is 0 Å². The lowest BCUT2D eigenvalue weighted by atomic mass is 10.0. The molecule has 0 saturated heterocycles. The van der Waals surface area contributed by atoms with E-state index in [0.717, 1.165) is 0 Å². The van der Waals surface area contributed by atoms with Gasteiger partial charge in [0.2, 0.25) is 19.2 Å². The van der Waals surface area contributed by atoms with E-state index in [1.807, 2.05) is 6.26 Å². The number of carbonyl (C=O) groups is 2. The lowest BCUT2D eigenvalue weighted by Gasteiger charge is -2.21. The first-order chi connectivity index (χ1) is 9.61. The normalized spacial score (nSPS) is 17.0. The number of primary amides is 1. The van der Waals surface area contributed by atoms with Gasteiger partial charge in [0.15, 0.2) is 0 Å². The minimum absolute atomic E-state index is 0.142. The summed E-state index contributed by atoms with van der Waals surface area (Å²) in [4.78, 5) is 32.8. The number of nitrogens with one attached hydrogen (secondary N) is 1. The summed E-state index contributed by atoms with van der Waals surface area (Å²) in [5.41, 5.74) is 10.9. The average molecular weight is 339 g/mol. The van der Waals surface area contributed by atoms with E-state index in [2.05, 4.69) is 5.32 Å². The molecule has 0 aliphatic heterocycles. The van der Waals surface area contributed by atoms with Gasteiger partial charge in [-0.1, -0.05) is 13.8 Å². The lowest BCUT2D eigenvalue weighted by molar-refractivity contribution is -0.128. The van der Waals surface area contributed by atoms with Crippen LogP contribution in [0.15, 0.2) is 0 Å². The van der Waals surface area contributed by atoms with Crippen molar-refractivity contribution < 1.29 is 19.0 Å². The number of amides is 2. The number of carbonyl (C=O) groups excluding carboxylic acids is 2. The van der Waals surface area contributed by atoms with Crippen molar-refractivity contribution in [2.75, 3.05) is 18.2 Å². The molecule has 0 rings (SSSR count). The summed E-state index contributed by atoms with van der Waals surface area (Å²) in [5, 5.41) is 2.48. The number of hydrogen-bond acceptors (Lipinski definition) is 5. The van der Waals surface area contributed by atoms with Crippen LogP contribution in [0.5, 0.6) is 0 Å². The number of hydrogen-bond donors (Lipinski definition) is 4. The van der Waals surface area contributed by atoms with Crippen molar-refractivity contribution in [3.05, 3.63) is 0 Å². The maximum atomic E-state index is 12.0. The Balaban J connectivity index is 4.40. The van der Waals surface area contributed by atoms with Gasteiger partial charge >= 0.3 is 0 Å². The molecule has 0 radical (unpaired) electrons. The highest BCUT2D eigenvalue weighted by Gasteiger charge is 2.29. The molecule has 0 aromatic rings. The van der Waals surface area contributed by atoms with E-state index in [4.69, 9.17) is 11.5 Å². The van der Waals surface area contributed by atoms with Crippen molar-refractivity contribution in [1.29, 1.82) is 0 Å². The second-order valence-corrected chi connectivity index (χ2v) is 8.88. The fraction of sp³-hybridized carbons (Fsp3) is 0.833. The second-order valence-electron chi connectivity index (χ2n) is 5.27. The van der Waals surface area contributed by atoms with Gasteiger partial charge in [0.25, 0.3) is 0 Å². The number of rotatable bonds is 10. The van der Waals surface area contributed by atoms with Gasteiger partial charge < -0.3 is 21.7 Å². The lowest BCUT2D eigenvalue weighted by Crippen LogP contribution is -2.47. The smallest absolute Gasteiger partial charge is 0.240 e. The summed E-state index contributed by atoms with van der Waals surface area (Å²) >= 11 is 1.54. The fourth-order valence-corrected chi connectivity index (χ4v) is 3.73. The van der Waals surface area contributed by atoms with Crippen LogP contribution in [0.25, 0.3) is 0 Å². The molecule has 0 aliphatic carbocycles. The van der Waals surface area contributed by atoms with E-state index >= 15 is 0 Å². The molecule has 0 spiro atoms. The van der Waals surface area contributed by atoms with Crippen LogP contribution >= 0.6 is 19.1 Å². The molecule has 0 saturated carbocycles. The van der Waals surface area contributed by atoms with Crippen LogP contribution in [-0.4, -0.2) is 46.7 Å². The Morgan fingerprint density at radius 2 is 1.95 bits per heavy atom. The molecule has 0 aliphatic rings. The summed E-state index contributed by atoms with van der Waals surface area (Å²) in [6.45, 7) is 3.51. The third-order valence-corrected chi connectivity index (χ3v) is 5.89. The van der Waals surface area contributed by atoms with Crippen LogP contribution in [0.3, 0.4) is 0 Å². The Bertz CT molecular complexity index is 406. The second kappa shape index (κ2) is 9.46. The van der Waals surface area contributed by atoms with Crippen molar-refractivity contribution in [1.82, 2.24) is 5.32 Å². The van der Waals surface area contributed by atoms with E-state index in [9.17, 15) is 19.0 Å². The summed E-state index contributed by atoms with van der Waals surface area (Å²) in [6, 6.07) is -0.777. The zero-order chi connectivity index (χ0) is 16.6. The third-order valence-electron chi connectivity index (χ3n) is 3.08. The molecular weight excluding hydrogens is 313 g/mol. The molecular formula is C12H26N3O4PS. The van der Waals surface area contributed by atoms with E-state index in [-0.39, 0.29) is 18.5 Å². The predicted octanol–water partition coefficient (Wildman–Crippen LogP) is 0.311. The van der Waals surface area contributed by atoms with Crippen LogP contribution in [0.4, 0.5) is 0 Å². The monoisotopic (exact) mass is 339 g/mol. The molecule has 21 heavy (non-hydrogen) atoms. The first-order valence-corrected chi connectivity index (χ1v) is 10.1. The van der Waals surface area contributed by atoms with E-state index < -0.39 is 31.0 Å². The molecule has 0 aromatic heterocycles. The fourth-order valence-electron chi connectivity index (χ4n) is 1.68. The van der Waals surface area contributed by atoms with Crippen molar-refractivity contribution in [3.8, 4) is 0 Å². The predicted molar refractivity (Wildman–Crippen MR) is 86.2 cm³/mol. The summed E-state index contributed by atoms with van der Waals surface area (Å²) in [7, 11) is -3.57. The quantitative estimate of drug-likeness (QED) is 0.423. The van der Waals surface area contributed by atoms with Gasteiger partial charge in [0, 0.05) is 12.6 Å². The Kier molecular flexibility index (Phi) is 9.20. The van der Waals surface area contributed by atoms with Crippen molar-refractivity contribution >= 4 is 30.9 Å². The molecule has 0 bridgehead atoms. The topological polar surface area (TPSA) is 136 Å². The van der Waals surface area contributed by atoms with Crippen molar-refractivity contribution in [2.45, 2.75) is 38.5 Å². The first kappa shape index (κ1) is 20.4. The van der Waals surface area contributed by atoms with Crippen molar-refractivity contribution in [2.24, 2.45) is 17.4 Å². The standard InChI is InChI=1S/C12H26N3O4PS/c1-8(2)11(12(14)17)15-10(16)4-6-20(18,19)9(13)5-7-21-3/h8-9,11H,4-7,13H2,1-3H3,(H2,14,17)(H,15,16)(H,18,19)/t9?,11-/m0/s1. The minimum atomic E-state index is -3.57. The van der Waals surface area contributed by atoms with Crippen LogP contribution < -0.4 is 16.8 Å². The van der Waals surface area contributed by atoms with Gasteiger partial charge in [-0.15, -0.1) is 0 Å². The highest BCUT2D eigenvalue weighted by atomic mass is 32.2. The molecule has 0 aromatic carbocycles. The Hall–Kier alpha value is -0.560. The van der Waals surface area contributed by atoms with Gasteiger partial charge in [0.1, 0.15) is 6.04 Å². The molecule has 6 N–H and O–H groups in total. The molecule has 124 valence electrons. The highest BCUT2D eigenvalue weighted by Crippen LogP contribution is 2.45. The number of nitrogens with two attached hydrogens (primary N) is 2. The van der Waals surface area contributed by atoms with Gasteiger partial charge in [0.05, 0.1) is 5.78 Å². The Labute approximate surface area is 130 Å². The van der Waals surface area contributed by atoms with Gasteiger partial charge in [-0.05, 0) is 24.3 Å². The molecule has 2 amide bonds. The summed E-state index contributed by atoms with van der Waals surface area (Å²) in [5.74, 6) is -1.37. The van der Waals surface area contributed by atoms with Crippen LogP contribution in [-0.2, 0) is 14.2 Å². The maximum absolute atomic E-state index is 12.0. The van der Waals surface area contributed by atoms with Crippen LogP contribution in [0, 0.1) is 5.92 Å². The van der Waals surface area contributed by atoms with E-state index in [1.54, 1.807) is 25.6 Å². The summed E-state index contributed by atoms with van der Waals surface area (Å²) < 4.78 is 12.0. The SMILES string of the molecule is CSCCC(N)P(=O)(O)CCC(=O)N[C@H](C(N)=O)C(C)C. The van der Waals surface area contributed by atoms with Crippen LogP contribution in [0.1, 0.15) is 26.7 Å². The Morgan fingerprint density at radius 3 is 2.38 bits per heavy atom. The number of thioether (sulfide) groups is 1. The molecule has 9 heteroatoms. The third kappa shape index (κ3) is 7.85. The summed E-state index contributed by atoms with van der Waals surface area (Å²) in [6.07, 6.45) is 1.96. The minimum Gasteiger partial charge on any atom is -0.368 e. The molecule has 0 fully saturated rings. The molecule has 3 atom stereocenters. The van der Waals surface area contributed by atoms with Gasteiger partial charge in [-0.2, -0.15) is 11.8 Å². The molecule has 0 heterocycles.